The van der Waals surface area contributed by atoms with Gasteiger partial charge in [-0.1, -0.05) is 19.1 Å². The number of rotatable bonds is 3. The van der Waals surface area contributed by atoms with Crippen molar-refractivity contribution in [2.24, 2.45) is 0 Å². The lowest BCUT2D eigenvalue weighted by Crippen LogP contribution is -2.03. The van der Waals surface area contributed by atoms with Crippen molar-refractivity contribution < 1.29 is 14.6 Å². The van der Waals surface area contributed by atoms with Crippen molar-refractivity contribution in [1.29, 1.82) is 0 Å². The smallest absolute Gasteiger partial charge is 0.337 e. The highest BCUT2D eigenvalue weighted by Gasteiger charge is 2.09. The largest absolute Gasteiger partial charge is 0.465 e. The molecule has 0 heterocycles. The molecule has 0 bridgehead atoms. The molecule has 0 aliphatic carbocycles. The maximum Gasteiger partial charge on any atom is 0.337 e. The lowest BCUT2D eigenvalue weighted by atomic mass is 10.0. The maximum absolute atomic E-state index is 11.2. The summed E-state index contributed by atoms with van der Waals surface area (Å²) in [7, 11) is 1.34. The predicted octanol–water partition coefficient (Wildman–Crippen LogP) is 1.92. The monoisotopic (exact) mass is 194 g/mol. The van der Waals surface area contributed by atoms with Crippen LogP contribution in [0.3, 0.4) is 0 Å². The third-order valence-corrected chi connectivity index (χ3v) is 2.08. The van der Waals surface area contributed by atoms with Crippen LogP contribution < -0.4 is 0 Å². The summed E-state index contributed by atoms with van der Waals surface area (Å²) in [5.74, 6) is -0.379. The fourth-order valence-corrected chi connectivity index (χ4v) is 1.23. The fraction of sp³-hybridized carbons (Fsp3) is 0.364. The standard InChI is InChI=1S/C11H14O3/c1-3-10(12)8-5-4-6-9(7-8)11(13)14-2/h4-7,10,12H,3H2,1-2H3/t10-/m1/s1. The van der Waals surface area contributed by atoms with E-state index in [1.165, 1.54) is 7.11 Å². The third-order valence-electron chi connectivity index (χ3n) is 2.08. The predicted molar refractivity (Wildman–Crippen MR) is 53.0 cm³/mol. The number of benzene rings is 1. The quantitative estimate of drug-likeness (QED) is 0.748. The van der Waals surface area contributed by atoms with Crippen molar-refractivity contribution in [3.05, 3.63) is 35.4 Å². The number of carbonyl (C=O) groups excluding carboxylic acids is 1. The van der Waals surface area contributed by atoms with Gasteiger partial charge in [-0.15, -0.1) is 0 Å². The van der Waals surface area contributed by atoms with Gasteiger partial charge in [0.25, 0.3) is 0 Å². The first-order valence-corrected chi connectivity index (χ1v) is 4.55. The minimum absolute atomic E-state index is 0.379. The van der Waals surface area contributed by atoms with Crippen LogP contribution in [0.4, 0.5) is 0 Å². The highest BCUT2D eigenvalue weighted by molar-refractivity contribution is 5.89. The molecule has 1 aromatic carbocycles. The number of ether oxygens (including phenoxy) is 1. The molecule has 0 fully saturated rings. The van der Waals surface area contributed by atoms with E-state index in [4.69, 9.17) is 0 Å². The Morgan fingerprint density at radius 1 is 1.57 bits per heavy atom. The molecule has 0 amide bonds. The molecule has 1 rings (SSSR count). The van der Waals surface area contributed by atoms with Gasteiger partial charge in [0, 0.05) is 0 Å². The molecule has 1 aromatic rings. The van der Waals surface area contributed by atoms with E-state index in [2.05, 4.69) is 4.74 Å². The SMILES string of the molecule is CC[C@@H](O)c1cccc(C(=O)OC)c1. The molecule has 0 spiro atoms. The van der Waals surface area contributed by atoms with Gasteiger partial charge in [0.1, 0.15) is 0 Å². The van der Waals surface area contributed by atoms with Crippen LogP contribution >= 0.6 is 0 Å². The van der Waals surface area contributed by atoms with E-state index in [1.807, 2.05) is 6.92 Å². The number of hydrogen-bond acceptors (Lipinski definition) is 3. The van der Waals surface area contributed by atoms with Crippen molar-refractivity contribution in [3.8, 4) is 0 Å². The molecule has 0 saturated carbocycles. The lowest BCUT2D eigenvalue weighted by Gasteiger charge is -2.08. The summed E-state index contributed by atoms with van der Waals surface area (Å²) < 4.78 is 4.58. The minimum atomic E-state index is -0.514. The van der Waals surface area contributed by atoms with Gasteiger partial charge in [-0.05, 0) is 24.1 Å². The second-order valence-corrected chi connectivity index (χ2v) is 3.04. The summed E-state index contributed by atoms with van der Waals surface area (Å²) in [6, 6.07) is 6.85. The Hall–Kier alpha value is -1.35. The van der Waals surface area contributed by atoms with Gasteiger partial charge >= 0.3 is 5.97 Å². The Morgan fingerprint density at radius 3 is 2.86 bits per heavy atom. The fourth-order valence-electron chi connectivity index (χ4n) is 1.23. The van der Waals surface area contributed by atoms with Crippen molar-refractivity contribution in [1.82, 2.24) is 0 Å². The molecule has 1 N–H and O–H groups in total. The Morgan fingerprint density at radius 2 is 2.29 bits per heavy atom. The maximum atomic E-state index is 11.2. The topological polar surface area (TPSA) is 46.5 Å². The number of esters is 1. The zero-order valence-corrected chi connectivity index (χ0v) is 8.36. The van der Waals surface area contributed by atoms with E-state index in [0.717, 1.165) is 5.56 Å². The Kier molecular flexibility index (Phi) is 3.65. The number of carbonyl (C=O) groups is 1. The van der Waals surface area contributed by atoms with E-state index in [1.54, 1.807) is 24.3 Å². The summed E-state index contributed by atoms with van der Waals surface area (Å²) in [6.45, 7) is 1.88. The van der Waals surface area contributed by atoms with Crippen LogP contribution in [0, 0.1) is 0 Å². The Labute approximate surface area is 83.3 Å². The number of aliphatic hydroxyl groups excluding tert-OH is 1. The average molecular weight is 194 g/mol. The summed E-state index contributed by atoms with van der Waals surface area (Å²) >= 11 is 0. The van der Waals surface area contributed by atoms with Crippen LogP contribution in [0.5, 0.6) is 0 Å². The molecule has 0 aromatic heterocycles. The molecule has 3 nitrogen and oxygen atoms in total. The normalized spacial score (nSPS) is 12.2. The summed E-state index contributed by atoms with van der Waals surface area (Å²) in [6.07, 6.45) is 0.115. The van der Waals surface area contributed by atoms with E-state index in [-0.39, 0.29) is 5.97 Å². The Balaban J connectivity index is 2.95. The van der Waals surface area contributed by atoms with E-state index >= 15 is 0 Å². The van der Waals surface area contributed by atoms with Crippen LogP contribution in [0.1, 0.15) is 35.4 Å². The van der Waals surface area contributed by atoms with Gasteiger partial charge < -0.3 is 9.84 Å². The molecule has 3 heteroatoms. The molecular formula is C11H14O3. The number of hydrogen-bond donors (Lipinski definition) is 1. The van der Waals surface area contributed by atoms with Gasteiger partial charge in [0.15, 0.2) is 0 Å². The summed E-state index contributed by atoms with van der Waals surface area (Å²) in [5.41, 5.74) is 1.22. The van der Waals surface area contributed by atoms with Crippen molar-refractivity contribution >= 4 is 5.97 Å². The van der Waals surface area contributed by atoms with Gasteiger partial charge in [0.05, 0.1) is 18.8 Å². The van der Waals surface area contributed by atoms with Gasteiger partial charge in [0.2, 0.25) is 0 Å². The molecular weight excluding hydrogens is 180 g/mol. The lowest BCUT2D eigenvalue weighted by molar-refractivity contribution is 0.0600. The average Bonchev–Trinajstić information content (AvgIpc) is 2.27. The molecule has 0 aliphatic rings. The van der Waals surface area contributed by atoms with Crippen molar-refractivity contribution in [3.63, 3.8) is 0 Å². The van der Waals surface area contributed by atoms with Crippen LogP contribution in [0.25, 0.3) is 0 Å². The molecule has 76 valence electrons. The van der Waals surface area contributed by atoms with Crippen LogP contribution in [0.15, 0.2) is 24.3 Å². The third kappa shape index (κ3) is 2.33. The molecule has 1 atom stereocenters. The van der Waals surface area contributed by atoms with Gasteiger partial charge in [-0.25, -0.2) is 4.79 Å². The molecule has 0 radical (unpaired) electrons. The number of aliphatic hydroxyl groups is 1. The summed E-state index contributed by atoms with van der Waals surface area (Å²) in [4.78, 5) is 11.2. The van der Waals surface area contributed by atoms with Gasteiger partial charge in [-0.3, -0.25) is 0 Å². The highest BCUT2D eigenvalue weighted by atomic mass is 16.5. The zero-order chi connectivity index (χ0) is 10.6. The zero-order valence-electron chi connectivity index (χ0n) is 8.36. The van der Waals surface area contributed by atoms with Crippen molar-refractivity contribution in [2.45, 2.75) is 19.4 Å². The van der Waals surface area contributed by atoms with Crippen molar-refractivity contribution in [2.75, 3.05) is 7.11 Å². The van der Waals surface area contributed by atoms with Crippen LogP contribution in [-0.2, 0) is 4.74 Å². The van der Waals surface area contributed by atoms with E-state index in [9.17, 15) is 9.90 Å². The minimum Gasteiger partial charge on any atom is -0.465 e. The first-order chi connectivity index (χ1) is 6.69. The first-order valence-electron chi connectivity index (χ1n) is 4.55. The molecule has 0 saturated heterocycles. The second kappa shape index (κ2) is 4.77. The second-order valence-electron chi connectivity index (χ2n) is 3.04. The van der Waals surface area contributed by atoms with Crippen LogP contribution in [0.2, 0.25) is 0 Å². The molecule has 0 aliphatic heterocycles. The highest BCUT2D eigenvalue weighted by Crippen LogP contribution is 2.17. The van der Waals surface area contributed by atoms with Crippen LogP contribution in [-0.4, -0.2) is 18.2 Å². The molecule has 0 unspecified atom stereocenters. The van der Waals surface area contributed by atoms with E-state index < -0.39 is 6.10 Å². The number of methoxy groups -OCH3 is 1. The van der Waals surface area contributed by atoms with E-state index in [0.29, 0.717) is 12.0 Å². The summed E-state index contributed by atoms with van der Waals surface area (Å²) in [5, 5.41) is 9.56. The Bertz CT molecular complexity index is 320. The molecule has 14 heavy (non-hydrogen) atoms. The van der Waals surface area contributed by atoms with Gasteiger partial charge in [-0.2, -0.15) is 0 Å². The first kappa shape index (κ1) is 10.7.